The Kier molecular flexibility index (Phi) is 8.66. The van der Waals surface area contributed by atoms with Gasteiger partial charge >= 0.3 is 0 Å². The molecule has 2 aliphatic heterocycles. The van der Waals surface area contributed by atoms with Gasteiger partial charge in [-0.2, -0.15) is 0 Å². The molecule has 6 nitrogen and oxygen atoms in total. The van der Waals surface area contributed by atoms with Gasteiger partial charge < -0.3 is 25.8 Å². The van der Waals surface area contributed by atoms with E-state index < -0.39 is 0 Å². The summed E-state index contributed by atoms with van der Waals surface area (Å²) in [5.74, 6) is 0.836. The van der Waals surface area contributed by atoms with Gasteiger partial charge in [0.2, 0.25) is 0 Å². The van der Waals surface area contributed by atoms with Crippen LogP contribution in [-0.2, 0) is 11.2 Å². The summed E-state index contributed by atoms with van der Waals surface area (Å²) in [6, 6.07) is 22.1. The van der Waals surface area contributed by atoms with Gasteiger partial charge in [0.25, 0.3) is 5.91 Å². The summed E-state index contributed by atoms with van der Waals surface area (Å²) in [5.41, 5.74) is 12.0. The fraction of sp³-hybridized carbons (Fsp3) is 0.424. The number of phenols is 1. The van der Waals surface area contributed by atoms with Crippen molar-refractivity contribution in [2.75, 3.05) is 26.2 Å². The van der Waals surface area contributed by atoms with E-state index in [-0.39, 0.29) is 24.2 Å². The Hall–Kier alpha value is -3.19. The SMILES string of the molecule is Cc1ccc2c(c1O)C[C@@H](C1CCN(CCC(C)NC(=O)c3ccc(-c4ccccc4)cc3)CC1)O[C@H]2CN. The summed E-state index contributed by atoms with van der Waals surface area (Å²) in [6.45, 7) is 7.45. The fourth-order valence-corrected chi connectivity index (χ4v) is 6.03. The number of ether oxygens (including phenoxy) is 1. The molecule has 4 N–H and O–H groups in total. The molecule has 1 saturated heterocycles. The van der Waals surface area contributed by atoms with Crippen LogP contribution in [0.1, 0.15) is 59.3 Å². The third kappa shape index (κ3) is 6.35. The van der Waals surface area contributed by atoms with Crippen molar-refractivity contribution in [2.24, 2.45) is 11.7 Å². The van der Waals surface area contributed by atoms with Crippen LogP contribution in [0.4, 0.5) is 0 Å². The van der Waals surface area contributed by atoms with E-state index in [9.17, 15) is 9.90 Å². The lowest BCUT2D eigenvalue weighted by atomic mass is 9.83. The summed E-state index contributed by atoms with van der Waals surface area (Å²) in [7, 11) is 0. The van der Waals surface area contributed by atoms with E-state index in [0.29, 0.717) is 23.8 Å². The number of nitrogens with zero attached hydrogens (tertiary/aromatic N) is 1. The molecule has 0 aliphatic carbocycles. The Bertz CT molecular complexity index is 1250. The molecule has 2 heterocycles. The molecule has 3 aromatic rings. The number of nitrogens with one attached hydrogen (secondary N) is 1. The van der Waals surface area contributed by atoms with Gasteiger partial charge in [-0.3, -0.25) is 4.79 Å². The number of likely N-dealkylation sites (tertiary alicyclic amines) is 1. The zero-order valence-electron chi connectivity index (χ0n) is 23.1. The highest BCUT2D eigenvalue weighted by molar-refractivity contribution is 5.94. The molecule has 0 aromatic heterocycles. The Morgan fingerprint density at radius 2 is 1.74 bits per heavy atom. The van der Waals surface area contributed by atoms with Crippen molar-refractivity contribution < 1.29 is 14.6 Å². The number of carbonyl (C=O) groups is 1. The average molecular weight is 528 g/mol. The van der Waals surface area contributed by atoms with Gasteiger partial charge in [-0.25, -0.2) is 0 Å². The maximum atomic E-state index is 12.8. The number of aromatic hydroxyl groups is 1. The molecular weight excluding hydrogens is 486 g/mol. The number of phenolic OH excluding ortho intramolecular Hbond substituents is 1. The van der Waals surface area contributed by atoms with Crippen molar-refractivity contribution >= 4 is 5.91 Å². The lowest BCUT2D eigenvalue weighted by molar-refractivity contribution is -0.0647. The highest BCUT2D eigenvalue weighted by atomic mass is 16.5. The van der Waals surface area contributed by atoms with Crippen molar-refractivity contribution in [3.05, 3.63) is 89.0 Å². The Morgan fingerprint density at radius 3 is 2.44 bits per heavy atom. The number of amides is 1. The molecular formula is C33H41N3O3. The van der Waals surface area contributed by atoms with Crippen LogP contribution in [0.25, 0.3) is 11.1 Å². The lowest BCUT2D eigenvalue weighted by Crippen LogP contribution is -2.43. The summed E-state index contributed by atoms with van der Waals surface area (Å²) < 4.78 is 6.45. The minimum absolute atomic E-state index is 0.0245. The maximum Gasteiger partial charge on any atom is 0.251 e. The number of hydrogen-bond donors (Lipinski definition) is 3. The molecule has 39 heavy (non-hydrogen) atoms. The first-order valence-corrected chi connectivity index (χ1v) is 14.3. The monoisotopic (exact) mass is 527 g/mol. The van der Waals surface area contributed by atoms with Gasteiger partial charge in [-0.05, 0) is 86.5 Å². The summed E-state index contributed by atoms with van der Waals surface area (Å²) in [5, 5.41) is 13.9. The second-order valence-corrected chi connectivity index (χ2v) is 11.2. The molecule has 206 valence electrons. The van der Waals surface area contributed by atoms with Crippen LogP contribution >= 0.6 is 0 Å². The molecule has 1 amide bonds. The average Bonchev–Trinajstić information content (AvgIpc) is 2.98. The zero-order valence-corrected chi connectivity index (χ0v) is 23.1. The van der Waals surface area contributed by atoms with Crippen molar-refractivity contribution in [3.63, 3.8) is 0 Å². The topological polar surface area (TPSA) is 87.8 Å². The first kappa shape index (κ1) is 27.4. The molecule has 3 atom stereocenters. The molecule has 3 aromatic carbocycles. The van der Waals surface area contributed by atoms with E-state index in [4.69, 9.17) is 10.5 Å². The molecule has 0 radical (unpaired) electrons. The molecule has 2 aliphatic rings. The number of benzene rings is 3. The first-order valence-electron chi connectivity index (χ1n) is 14.3. The Balaban J connectivity index is 1.08. The van der Waals surface area contributed by atoms with Crippen molar-refractivity contribution in [2.45, 2.75) is 57.8 Å². The maximum absolute atomic E-state index is 12.8. The number of aryl methyl sites for hydroxylation is 1. The highest BCUT2D eigenvalue weighted by Crippen LogP contribution is 2.40. The highest BCUT2D eigenvalue weighted by Gasteiger charge is 2.35. The lowest BCUT2D eigenvalue weighted by Gasteiger charge is -2.40. The fourth-order valence-electron chi connectivity index (χ4n) is 6.03. The smallest absolute Gasteiger partial charge is 0.251 e. The van der Waals surface area contributed by atoms with Crippen molar-refractivity contribution in [1.29, 1.82) is 0 Å². The van der Waals surface area contributed by atoms with E-state index in [1.165, 1.54) is 0 Å². The van der Waals surface area contributed by atoms with Crippen LogP contribution in [0.5, 0.6) is 5.75 Å². The Labute approximate surface area is 232 Å². The van der Waals surface area contributed by atoms with E-state index in [1.807, 2.05) is 55.5 Å². The van der Waals surface area contributed by atoms with Crippen molar-refractivity contribution in [3.8, 4) is 16.9 Å². The predicted octanol–water partition coefficient (Wildman–Crippen LogP) is 5.23. The quantitative estimate of drug-likeness (QED) is 0.373. The van der Waals surface area contributed by atoms with E-state index in [1.54, 1.807) is 0 Å². The first-order chi connectivity index (χ1) is 18.9. The summed E-state index contributed by atoms with van der Waals surface area (Å²) in [6.07, 6.45) is 3.74. The summed E-state index contributed by atoms with van der Waals surface area (Å²) >= 11 is 0. The number of piperidine rings is 1. The second kappa shape index (κ2) is 12.3. The number of rotatable bonds is 8. The predicted molar refractivity (Wildman–Crippen MR) is 156 cm³/mol. The largest absolute Gasteiger partial charge is 0.507 e. The van der Waals surface area contributed by atoms with Crippen LogP contribution < -0.4 is 11.1 Å². The molecule has 0 spiro atoms. The molecule has 5 rings (SSSR count). The minimum Gasteiger partial charge on any atom is -0.507 e. The molecule has 6 heteroatoms. The number of hydrogen-bond acceptors (Lipinski definition) is 5. The standard InChI is InChI=1S/C33H41N3O3/c1-22-8-13-28-29(32(22)37)20-30(39-31(28)21-34)26-15-18-36(19-16-26)17-14-23(2)35-33(38)27-11-9-25(10-12-27)24-6-4-3-5-7-24/h3-13,23,26,30-31,37H,14-21,34H2,1-2H3,(H,35,38)/t23?,30-,31-/m0/s1. The van der Waals surface area contributed by atoms with Crippen LogP contribution in [0.3, 0.4) is 0 Å². The number of carbonyl (C=O) groups excluding carboxylic acids is 1. The van der Waals surface area contributed by atoms with Crippen LogP contribution in [-0.4, -0.2) is 54.2 Å². The van der Waals surface area contributed by atoms with Gasteiger partial charge in [-0.1, -0.05) is 54.6 Å². The van der Waals surface area contributed by atoms with E-state index in [0.717, 1.165) is 73.1 Å². The number of fused-ring (bicyclic) bond motifs is 1. The van der Waals surface area contributed by atoms with Crippen LogP contribution in [0.2, 0.25) is 0 Å². The molecule has 0 bridgehead atoms. The Morgan fingerprint density at radius 1 is 1.05 bits per heavy atom. The third-order valence-corrected chi connectivity index (χ3v) is 8.49. The molecule has 1 unspecified atom stereocenters. The van der Waals surface area contributed by atoms with Gasteiger partial charge in [-0.15, -0.1) is 0 Å². The number of nitrogens with two attached hydrogens (primary N) is 1. The van der Waals surface area contributed by atoms with Gasteiger partial charge in [0, 0.05) is 36.7 Å². The van der Waals surface area contributed by atoms with Gasteiger partial charge in [0.15, 0.2) is 0 Å². The van der Waals surface area contributed by atoms with Crippen molar-refractivity contribution in [1.82, 2.24) is 10.2 Å². The summed E-state index contributed by atoms with van der Waals surface area (Å²) in [4.78, 5) is 15.3. The van der Waals surface area contributed by atoms with Gasteiger partial charge in [0.05, 0.1) is 12.2 Å². The molecule has 0 saturated carbocycles. The van der Waals surface area contributed by atoms with Gasteiger partial charge in [0.1, 0.15) is 5.75 Å². The zero-order chi connectivity index (χ0) is 27.4. The second-order valence-electron chi connectivity index (χ2n) is 11.2. The molecule has 1 fully saturated rings. The van der Waals surface area contributed by atoms with E-state index >= 15 is 0 Å². The van der Waals surface area contributed by atoms with Crippen LogP contribution in [0, 0.1) is 12.8 Å². The van der Waals surface area contributed by atoms with E-state index in [2.05, 4.69) is 35.3 Å². The third-order valence-electron chi connectivity index (χ3n) is 8.49. The normalized spacial score (nSPS) is 20.8. The minimum atomic E-state index is -0.151. The van der Waals surface area contributed by atoms with Crippen LogP contribution in [0.15, 0.2) is 66.7 Å².